The van der Waals surface area contributed by atoms with Crippen LogP contribution in [0.5, 0.6) is 0 Å². The Kier molecular flexibility index (Phi) is 3.71. The van der Waals surface area contributed by atoms with Crippen molar-refractivity contribution >= 4 is 17.8 Å². The van der Waals surface area contributed by atoms with Crippen molar-refractivity contribution in [2.75, 3.05) is 0 Å². The molecule has 1 aromatic carbocycles. The summed E-state index contributed by atoms with van der Waals surface area (Å²) < 4.78 is 13.1. The molecular weight excluding hydrogens is 191 g/mol. The molecule has 0 saturated heterocycles. The summed E-state index contributed by atoms with van der Waals surface area (Å²) in [7, 11) is 0. The van der Waals surface area contributed by atoms with Crippen LogP contribution >= 0.6 is 11.6 Å². The minimum atomic E-state index is -0.280. The van der Waals surface area contributed by atoms with Crippen molar-refractivity contribution in [3.8, 4) is 0 Å². The van der Waals surface area contributed by atoms with E-state index in [0.717, 1.165) is 0 Å². The van der Waals surface area contributed by atoms with Crippen molar-refractivity contribution in [1.82, 2.24) is 0 Å². The van der Waals surface area contributed by atoms with Gasteiger partial charge in [-0.1, -0.05) is 17.7 Å². The molecule has 0 saturated carbocycles. The third-order valence-electron chi connectivity index (χ3n) is 1.69. The number of hydrogen-bond acceptors (Lipinski definition) is 2. The van der Waals surface area contributed by atoms with Crippen molar-refractivity contribution < 1.29 is 4.39 Å². The predicted octanol–water partition coefficient (Wildman–Crippen LogP) is 2.36. The molecule has 0 aliphatic heterocycles. The maximum atomic E-state index is 13.1. The third kappa shape index (κ3) is 2.70. The van der Waals surface area contributed by atoms with Crippen LogP contribution in [0.1, 0.15) is 12.0 Å². The van der Waals surface area contributed by atoms with E-state index >= 15 is 0 Å². The Bertz CT molecular complexity index is 292. The van der Waals surface area contributed by atoms with Crippen LogP contribution in [0.15, 0.2) is 23.3 Å². The highest BCUT2D eigenvalue weighted by molar-refractivity contribution is 6.31. The smallest absolute Gasteiger partial charge is 0.127 e. The van der Waals surface area contributed by atoms with Gasteiger partial charge in [-0.05, 0) is 25.0 Å². The molecule has 0 fully saturated rings. The topological polar surface area (TPSA) is 38.4 Å². The van der Waals surface area contributed by atoms with Crippen LogP contribution in [0.4, 0.5) is 4.39 Å². The summed E-state index contributed by atoms with van der Waals surface area (Å²) in [5, 5.41) is 3.77. The van der Waals surface area contributed by atoms with Gasteiger partial charge in [0.2, 0.25) is 0 Å². The molecule has 70 valence electrons. The van der Waals surface area contributed by atoms with E-state index in [-0.39, 0.29) is 5.82 Å². The predicted molar refractivity (Wildman–Crippen MR) is 52.4 cm³/mol. The van der Waals surface area contributed by atoms with Gasteiger partial charge < -0.3 is 5.84 Å². The molecule has 0 aliphatic carbocycles. The molecule has 2 nitrogen and oxygen atoms in total. The first kappa shape index (κ1) is 9.99. The van der Waals surface area contributed by atoms with E-state index in [4.69, 9.17) is 17.4 Å². The summed E-state index contributed by atoms with van der Waals surface area (Å²) in [6, 6.07) is 4.64. The molecule has 0 heterocycles. The van der Waals surface area contributed by atoms with Crippen molar-refractivity contribution in [2.24, 2.45) is 10.9 Å². The SMILES string of the molecule is N/N=C/CCc1c(F)cccc1Cl. The number of nitrogens with two attached hydrogens (primary N) is 1. The Balaban J connectivity index is 2.75. The number of hydrogen-bond donors (Lipinski definition) is 1. The number of benzene rings is 1. The molecule has 0 atom stereocenters. The minimum absolute atomic E-state index is 0.280. The molecule has 0 bridgehead atoms. The Morgan fingerprint density at radius 2 is 2.31 bits per heavy atom. The van der Waals surface area contributed by atoms with Gasteiger partial charge in [0.25, 0.3) is 0 Å². The van der Waals surface area contributed by atoms with Gasteiger partial charge in [-0.15, -0.1) is 0 Å². The van der Waals surface area contributed by atoms with E-state index < -0.39 is 0 Å². The second-order valence-corrected chi connectivity index (χ2v) is 2.98. The summed E-state index contributed by atoms with van der Waals surface area (Å²) >= 11 is 5.79. The molecule has 0 amide bonds. The second-order valence-electron chi connectivity index (χ2n) is 2.57. The average molecular weight is 201 g/mol. The molecule has 0 radical (unpaired) electrons. The highest BCUT2D eigenvalue weighted by Crippen LogP contribution is 2.19. The Morgan fingerprint density at radius 1 is 1.54 bits per heavy atom. The first-order valence-electron chi connectivity index (χ1n) is 3.90. The lowest BCUT2D eigenvalue weighted by Crippen LogP contribution is -1.93. The van der Waals surface area contributed by atoms with Crippen LogP contribution < -0.4 is 5.84 Å². The fraction of sp³-hybridized carbons (Fsp3) is 0.222. The number of nitrogens with zero attached hydrogens (tertiary/aromatic N) is 1. The number of halogens is 2. The van der Waals surface area contributed by atoms with Crippen LogP contribution in [0.2, 0.25) is 5.02 Å². The fourth-order valence-electron chi connectivity index (χ4n) is 1.05. The van der Waals surface area contributed by atoms with Gasteiger partial charge in [-0.25, -0.2) is 4.39 Å². The second kappa shape index (κ2) is 4.82. The summed E-state index contributed by atoms with van der Waals surface area (Å²) in [5.74, 6) is 4.63. The maximum absolute atomic E-state index is 13.1. The first-order valence-corrected chi connectivity index (χ1v) is 4.28. The van der Waals surface area contributed by atoms with Crippen molar-refractivity contribution in [1.29, 1.82) is 0 Å². The van der Waals surface area contributed by atoms with E-state index in [2.05, 4.69) is 5.10 Å². The molecule has 1 aromatic rings. The Morgan fingerprint density at radius 3 is 2.92 bits per heavy atom. The Hall–Kier alpha value is -1.09. The summed E-state index contributed by atoms with van der Waals surface area (Å²) in [6.07, 6.45) is 2.64. The van der Waals surface area contributed by atoms with E-state index in [1.807, 2.05) is 0 Å². The maximum Gasteiger partial charge on any atom is 0.127 e. The number of rotatable bonds is 3. The molecule has 0 unspecified atom stereocenters. The molecule has 0 aromatic heterocycles. The molecule has 0 aliphatic rings. The molecule has 13 heavy (non-hydrogen) atoms. The van der Waals surface area contributed by atoms with Gasteiger partial charge in [0.1, 0.15) is 5.82 Å². The zero-order valence-electron chi connectivity index (χ0n) is 7.00. The lowest BCUT2D eigenvalue weighted by atomic mass is 10.1. The first-order chi connectivity index (χ1) is 6.25. The standard InChI is InChI=1S/C9H10ClFN2/c10-8-4-1-5-9(11)7(8)3-2-6-13-12/h1,4-6H,2-3,12H2/b13-6+. The van der Waals surface area contributed by atoms with E-state index in [0.29, 0.717) is 23.4 Å². The lowest BCUT2D eigenvalue weighted by Gasteiger charge is -2.02. The van der Waals surface area contributed by atoms with Gasteiger partial charge in [-0.3, -0.25) is 0 Å². The van der Waals surface area contributed by atoms with Gasteiger partial charge in [0, 0.05) is 16.8 Å². The molecule has 1 rings (SSSR count). The van der Waals surface area contributed by atoms with Crippen molar-refractivity contribution in [2.45, 2.75) is 12.8 Å². The molecule has 2 N–H and O–H groups in total. The van der Waals surface area contributed by atoms with Gasteiger partial charge in [0.05, 0.1) is 0 Å². The van der Waals surface area contributed by atoms with E-state index in [1.165, 1.54) is 12.3 Å². The normalized spacial score (nSPS) is 10.9. The van der Waals surface area contributed by atoms with Gasteiger partial charge in [-0.2, -0.15) is 5.10 Å². The fourth-order valence-corrected chi connectivity index (χ4v) is 1.31. The monoisotopic (exact) mass is 200 g/mol. The highest BCUT2D eigenvalue weighted by atomic mass is 35.5. The molecular formula is C9H10ClFN2. The molecule has 0 spiro atoms. The van der Waals surface area contributed by atoms with Gasteiger partial charge in [0.15, 0.2) is 0 Å². The van der Waals surface area contributed by atoms with Crippen LogP contribution in [0, 0.1) is 5.82 Å². The largest absolute Gasteiger partial charge is 0.324 e. The van der Waals surface area contributed by atoms with Crippen molar-refractivity contribution in [3.05, 3.63) is 34.6 Å². The summed E-state index contributed by atoms with van der Waals surface area (Å²) in [4.78, 5) is 0. The van der Waals surface area contributed by atoms with Gasteiger partial charge >= 0.3 is 0 Å². The molecule has 4 heteroatoms. The average Bonchev–Trinajstić information content (AvgIpc) is 2.10. The Labute approximate surface area is 81.2 Å². The summed E-state index contributed by atoms with van der Waals surface area (Å²) in [5.41, 5.74) is 0.518. The van der Waals surface area contributed by atoms with E-state index in [9.17, 15) is 4.39 Å². The van der Waals surface area contributed by atoms with Crippen LogP contribution in [-0.2, 0) is 6.42 Å². The quantitative estimate of drug-likeness (QED) is 0.454. The lowest BCUT2D eigenvalue weighted by molar-refractivity contribution is 0.610. The zero-order chi connectivity index (χ0) is 9.68. The third-order valence-corrected chi connectivity index (χ3v) is 2.04. The van der Waals surface area contributed by atoms with Crippen molar-refractivity contribution in [3.63, 3.8) is 0 Å². The minimum Gasteiger partial charge on any atom is -0.324 e. The number of hydrazone groups is 1. The zero-order valence-corrected chi connectivity index (χ0v) is 7.76. The van der Waals surface area contributed by atoms with Crippen LogP contribution in [0.3, 0.4) is 0 Å². The van der Waals surface area contributed by atoms with E-state index in [1.54, 1.807) is 12.1 Å². The summed E-state index contributed by atoms with van der Waals surface area (Å²) in [6.45, 7) is 0. The van der Waals surface area contributed by atoms with Crippen LogP contribution in [-0.4, -0.2) is 6.21 Å². The highest BCUT2D eigenvalue weighted by Gasteiger charge is 2.04. The van der Waals surface area contributed by atoms with Crippen LogP contribution in [0.25, 0.3) is 0 Å².